The van der Waals surface area contributed by atoms with Crippen molar-refractivity contribution >= 4 is 11.8 Å². The predicted molar refractivity (Wildman–Crippen MR) is 75.6 cm³/mol. The zero-order valence-electron chi connectivity index (χ0n) is 12.0. The topological polar surface area (TPSA) is 75.4 Å². The van der Waals surface area contributed by atoms with Crippen LogP contribution in [0.3, 0.4) is 0 Å². The summed E-state index contributed by atoms with van der Waals surface area (Å²) in [5.41, 5.74) is 5.59. The highest BCUT2D eigenvalue weighted by atomic mass is 16.2. The Balaban J connectivity index is 2.13. The molecule has 1 aliphatic rings. The Hall–Kier alpha value is -1.10. The highest BCUT2D eigenvalue weighted by molar-refractivity contribution is 5.79. The summed E-state index contributed by atoms with van der Waals surface area (Å²) >= 11 is 0. The van der Waals surface area contributed by atoms with Crippen molar-refractivity contribution in [2.75, 3.05) is 19.6 Å². The van der Waals surface area contributed by atoms with Gasteiger partial charge < -0.3 is 16.0 Å². The number of carbonyl (C=O) groups excluding carboxylic acids is 2. The van der Waals surface area contributed by atoms with E-state index in [0.29, 0.717) is 25.8 Å². The third kappa shape index (κ3) is 7.15. The Morgan fingerprint density at radius 2 is 1.79 bits per heavy atom. The number of hydrogen-bond donors (Lipinski definition) is 2. The van der Waals surface area contributed by atoms with Gasteiger partial charge in [-0.15, -0.1) is 0 Å². The second-order valence-corrected chi connectivity index (χ2v) is 5.41. The Kier molecular flexibility index (Phi) is 7.48. The maximum Gasteiger partial charge on any atom is 0.224 e. The van der Waals surface area contributed by atoms with Crippen molar-refractivity contribution in [3.8, 4) is 0 Å². The molecule has 0 aliphatic carbocycles. The van der Waals surface area contributed by atoms with E-state index in [1.807, 2.05) is 11.8 Å². The first-order valence-corrected chi connectivity index (χ1v) is 7.39. The van der Waals surface area contributed by atoms with Gasteiger partial charge in [0.1, 0.15) is 0 Å². The molecule has 1 fully saturated rings. The fraction of sp³-hybridized carbons (Fsp3) is 0.857. The molecule has 1 rings (SSSR count). The molecule has 3 N–H and O–H groups in total. The van der Waals surface area contributed by atoms with E-state index in [-0.39, 0.29) is 17.9 Å². The largest absolute Gasteiger partial charge is 0.356 e. The lowest BCUT2D eigenvalue weighted by atomic mass is 10.2. The average molecular weight is 269 g/mol. The lowest BCUT2D eigenvalue weighted by molar-refractivity contribution is -0.131. The van der Waals surface area contributed by atoms with Crippen LogP contribution < -0.4 is 11.1 Å². The number of likely N-dealkylation sites (tertiary alicyclic amines) is 1. The summed E-state index contributed by atoms with van der Waals surface area (Å²) in [6.45, 7) is 4.07. The van der Waals surface area contributed by atoms with Gasteiger partial charge in [-0.25, -0.2) is 0 Å². The van der Waals surface area contributed by atoms with Gasteiger partial charge >= 0.3 is 0 Å². The van der Waals surface area contributed by atoms with Crippen LogP contribution in [0.5, 0.6) is 0 Å². The monoisotopic (exact) mass is 269 g/mol. The summed E-state index contributed by atoms with van der Waals surface area (Å²) in [4.78, 5) is 25.4. The molecule has 0 aromatic heterocycles. The Bertz CT molecular complexity index is 284. The summed E-state index contributed by atoms with van der Waals surface area (Å²) < 4.78 is 0. The molecule has 0 spiro atoms. The van der Waals surface area contributed by atoms with Crippen molar-refractivity contribution in [2.24, 2.45) is 5.73 Å². The fourth-order valence-corrected chi connectivity index (χ4v) is 2.23. The minimum absolute atomic E-state index is 0.0130. The van der Waals surface area contributed by atoms with E-state index >= 15 is 0 Å². The van der Waals surface area contributed by atoms with Crippen molar-refractivity contribution in [2.45, 2.75) is 57.9 Å². The van der Waals surface area contributed by atoms with Crippen molar-refractivity contribution in [3.63, 3.8) is 0 Å². The molecule has 2 amide bonds. The van der Waals surface area contributed by atoms with Gasteiger partial charge in [-0.1, -0.05) is 12.8 Å². The summed E-state index contributed by atoms with van der Waals surface area (Å²) in [6.07, 6.45) is 6.18. The lowest BCUT2D eigenvalue weighted by Gasteiger charge is -2.20. The second kappa shape index (κ2) is 8.91. The van der Waals surface area contributed by atoms with E-state index in [2.05, 4.69) is 5.32 Å². The minimum atomic E-state index is -0.0130. The van der Waals surface area contributed by atoms with E-state index < -0.39 is 0 Å². The van der Waals surface area contributed by atoms with Crippen LogP contribution in [0.2, 0.25) is 0 Å². The van der Waals surface area contributed by atoms with Gasteiger partial charge in [-0.05, 0) is 26.2 Å². The molecule has 5 heteroatoms. The lowest BCUT2D eigenvalue weighted by Crippen LogP contribution is -2.35. The quantitative estimate of drug-likeness (QED) is 0.756. The van der Waals surface area contributed by atoms with Crippen LogP contribution in [-0.2, 0) is 9.59 Å². The first-order valence-electron chi connectivity index (χ1n) is 7.39. The van der Waals surface area contributed by atoms with Crippen LogP contribution in [0.1, 0.15) is 51.9 Å². The van der Waals surface area contributed by atoms with Crippen LogP contribution in [0.15, 0.2) is 0 Å². The summed E-state index contributed by atoms with van der Waals surface area (Å²) in [6, 6.07) is 0.0458. The molecule has 0 bridgehead atoms. The zero-order valence-corrected chi connectivity index (χ0v) is 12.0. The number of nitrogens with one attached hydrogen (secondary N) is 1. The summed E-state index contributed by atoms with van der Waals surface area (Å²) in [5, 5.41) is 2.78. The molecule has 0 radical (unpaired) electrons. The van der Waals surface area contributed by atoms with Crippen LogP contribution in [0, 0.1) is 0 Å². The van der Waals surface area contributed by atoms with Crippen molar-refractivity contribution in [1.82, 2.24) is 10.2 Å². The highest BCUT2D eigenvalue weighted by Crippen LogP contribution is 2.10. The molecular weight excluding hydrogens is 242 g/mol. The molecular formula is C14H27N3O2. The zero-order chi connectivity index (χ0) is 14.1. The van der Waals surface area contributed by atoms with Crippen LogP contribution in [0.25, 0.3) is 0 Å². The Labute approximate surface area is 115 Å². The number of carbonyl (C=O) groups is 2. The number of nitrogens with two attached hydrogens (primary N) is 1. The van der Waals surface area contributed by atoms with Crippen molar-refractivity contribution < 1.29 is 9.59 Å². The molecule has 1 atom stereocenters. The van der Waals surface area contributed by atoms with Gasteiger partial charge in [-0.2, -0.15) is 0 Å². The number of amides is 2. The first-order chi connectivity index (χ1) is 9.09. The third-order valence-electron chi connectivity index (χ3n) is 3.45. The first kappa shape index (κ1) is 16.0. The number of nitrogens with zero attached hydrogens (tertiary/aromatic N) is 1. The fourth-order valence-electron chi connectivity index (χ4n) is 2.23. The van der Waals surface area contributed by atoms with Gasteiger partial charge in [0.2, 0.25) is 11.8 Å². The maximum atomic E-state index is 12.0. The smallest absolute Gasteiger partial charge is 0.224 e. The van der Waals surface area contributed by atoms with Crippen molar-refractivity contribution in [3.05, 3.63) is 0 Å². The third-order valence-corrected chi connectivity index (χ3v) is 3.45. The molecule has 1 saturated heterocycles. The van der Waals surface area contributed by atoms with Gasteiger partial charge in [0.15, 0.2) is 0 Å². The van der Waals surface area contributed by atoms with Crippen LogP contribution in [-0.4, -0.2) is 42.4 Å². The van der Waals surface area contributed by atoms with E-state index in [4.69, 9.17) is 5.73 Å². The standard InChI is InChI=1S/C14H27N3O2/c1-12(15)6-7-13(18)16-9-8-14(19)17-10-4-2-3-5-11-17/h12H,2-11,15H2,1H3,(H,16,18). The molecule has 0 aromatic carbocycles. The number of rotatable bonds is 6. The molecule has 1 heterocycles. The molecule has 1 unspecified atom stereocenters. The normalized spacial score (nSPS) is 17.7. The van der Waals surface area contributed by atoms with Crippen LogP contribution >= 0.6 is 0 Å². The average Bonchev–Trinajstić information content (AvgIpc) is 2.65. The van der Waals surface area contributed by atoms with E-state index in [1.165, 1.54) is 12.8 Å². The summed E-state index contributed by atoms with van der Waals surface area (Å²) in [7, 11) is 0. The SMILES string of the molecule is CC(N)CCC(=O)NCCC(=O)N1CCCCCC1. The van der Waals surface area contributed by atoms with Gasteiger partial charge in [0.25, 0.3) is 0 Å². The molecule has 19 heavy (non-hydrogen) atoms. The molecule has 0 aromatic rings. The molecule has 0 saturated carbocycles. The highest BCUT2D eigenvalue weighted by Gasteiger charge is 2.15. The second-order valence-electron chi connectivity index (χ2n) is 5.41. The van der Waals surface area contributed by atoms with Crippen LogP contribution in [0.4, 0.5) is 0 Å². The van der Waals surface area contributed by atoms with Gasteiger partial charge in [-0.3, -0.25) is 9.59 Å². The predicted octanol–water partition coefficient (Wildman–Crippen LogP) is 1.02. The maximum absolute atomic E-state index is 12.0. The molecule has 1 aliphatic heterocycles. The van der Waals surface area contributed by atoms with Gasteiger partial charge in [0.05, 0.1) is 0 Å². The van der Waals surface area contributed by atoms with Crippen molar-refractivity contribution in [1.29, 1.82) is 0 Å². The molecule has 5 nitrogen and oxygen atoms in total. The summed E-state index contributed by atoms with van der Waals surface area (Å²) in [5.74, 6) is 0.148. The van der Waals surface area contributed by atoms with E-state index in [9.17, 15) is 9.59 Å². The van der Waals surface area contributed by atoms with E-state index in [1.54, 1.807) is 0 Å². The van der Waals surface area contributed by atoms with E-state index in [0.717, 1.165) is 25.9 Å². The Morgan fingerprint density at radius 3 is 2.37 bits per heavy atom. The van der Waals surface area contributed by atoms with Gasteiger partial charge in [0, 0.05) is 38.5 Å². The Morgan fingerprint density at radius 1 is 1.16 bits per heavy atom. The molecule has 110 valence electrons. The minimum Gasteiger partial charge on any atom is -0.356 e. The number of hydrogen-bond acceptors (Lipinski definition) is 3.